The van der Waals surface area contributed by atoms with E-state index >= 15 is 0 Å². The summed E-state index contributed by atoms with van der Waals surface area (Å²) < 4.78 is 23.1. The zero-order valence-electron chi connectivity index (χ0n) is 13.1. The van der Waals surface area contributed by atoms with Gasteiger partial charge in [0.2, 0.25) is 0 Å². The van der Waals surface area contributed by atoms with Crippen LogP contribution in [-0.2, 0) is 9.47 Å². The molecule has 1 saturated heterocycles. The number of rotatable bonds is 5. The normalized spacial score (nSPS) is 21.2. The Morgan fingerprint density at radius 2 is 1.77 bits per heavy atom. The lowest BCUT2D eigenvalue weighted by molar-refractivity contribution is -0.164. The van der Waals surface area contributed by atoms with Crippen LogP contribution in [0, 0.1) is 0 Å². The number of nitrogens with zero attached hydrogens (tertiary/aromatic N) is 1. The van der Waals surface area contributed by atoms with Gasteiger partial charge in [-0.1, -0.05) is 12.1 Å². The molecule has 22 heavy (non-hydrogen) atoms. The average Bonchev–Trinajstić information content (AvgIpc) is 2.86. The van der Waals surface area contributed by atoms with E-state index in [4.69, 9.17) is 18.9 Å². The molecule has 1 aromatic carbocycles. The summed E-state index contributed by atoms with van der Waals surface area (Å²) in [5.41, 5.74) is 0. The van der Waals surface area contributed by atoms with E-state index in [1.54, 1.807) is 0 Å². The molecule has 1 atom stereocenters. The Labute approximate surface area is 137 Å². The Morgan fingerprint density at radius 1 is 1.18 bits per heavy atom. The molecule has 0 aromatic heterocycles. The number of benzene rings is 1. The van der Waals surface area contributed by atoms with E-state index in [2.05, 4.69) is 4.90 Å². The maximum atomic E-state index is 5.93. The van der Waals surface area contributed by atoms with E-state index in [-0.39, 0.29) is 18.5 Å². The van der Waals surface area contributed by atoms with E-state index in [0.717, 1.165) is 44.3 Å². The third-order valence-corrected chi connectivity index (χ3v) is 4.09. The third-order valence-electron chi connectivity index (χ3n) is 4.09. The van der Waals surface area contributed by atoms with Gasteiger partial charge in [0.25, 0.3) is 5.79 Å². The molecular weight excluding hydrogens is 306 g/mol. The molecule has 1 fully saturated rings. The van der Waals surface area contributed by atoms with Crippen LogP contribution in [0.5, 0.6) is 11.5 Å². The molecule has 0 radical (unpaired) electrons. The van der Waals surface area contributed by atoms with Crippen LogP contribution in [0.4, 0.5) is 0 Å². The molecule has 2 heterocycles. The van der Waals surface area contributed by atoms with Gasteiger partial charge in [-0.15, -0.1) is 12.4 Å². The van der Waals surface area contributed by atoms with Crippen molar-refractivity contribution in [2.45, 2.75) is 25.7 Å². The predicted octanol–water partition coefficient (Wildman–Crippen LogP) is 2.33. The molecule has 0 saturated carbocycles. The van der Waals surface area contributed by atoms with Gasteiger partial charge in [0.15, 0.2) is 11.5 Å². The van der Waals surface area contributed by atoms with Crippen molar-refractivity contribution in [1.82, 2.24) is 4.90 Å². The second-order valence-electron chi connectivity index (χ2n) is 5.63. The summed E-state index contributed by atoms with van der Waals surface area (Å²) in [4.78, 5) is 2.35. The molecule has 6 heteroatoms. The number of ether oxygens (including phenoxy) is 4. The second kappa shape index (κ2) is 7.51. The van der Waals surface area contributed by atoms with E-state index in [9.17, 15) is 0 Å². The minimum atomic E-state index is -0.755. The van der Waals surface area contributed by atoms with Crippen LogP contribution in [-0.4, -0.2) is 56.2 Å². The maximum Gasteiger partial charge on any atom is 0.274 e. The number of hydrogen-bond acceptors (Lipinski definition) is 5. The quantitative estimate of drug-likeness (QED) is 0.829. The van der Waals surface area contributed by atoms with Gasteiger partial charge >= 0.3 is 0 Å². The molecule has 1 unspecified atom stereocenters. The lowest BCUT2D eigenvalue weighted by Gasteiger charge is -2.31. The summed E-state index contributed by atoms with van der Waals surface area (Å²) >= 11 is 0. The second-order valence-corrected chi connectivity index (χ2v) is 5.63. The predicted molar refractivity (Wildman–Crippen MR) is 86.0 cm³/mol. The summed E-state index contributed by atoms with van der Waals surface area (Å²) in [5, 5.41) is 0. The molecule has 2 aliphatic heterocycles. The molecule has 0 amide bonds. The SMILES string of the molecule is CC(OCCN1CCOCC1)C1(C)Oc2ccccc2O1.Cl. The minimum absolute atomic E-state index is 0. The standard InChI is InChI=1S/C16H23NO4.ClH/c1-13(19-12-9-17-7-10-18-11-8-17)16(2)20-14-5-3-4-6-15(14)21-16;/h3-6,13H,7-12H2,1-2H3;1H. The fourth-order valence-corrected chi connectivity index (χ4v) is 2.58. The van der Waals surface area contributed by atoms with Crippen LogP contribution in [0.15, 0.2) is 24.3 Å². The van der Waals surface area contributed by atoms with E-state index in [0.29, 0.717) is 6.61 Å². The molecule has 0 aliphatic carbocycles. The van der Waals surface area contributed by atoms with Crippen LogP contribution >= 0.6 is 12.4 Å². The summed E-state index contributed by atoms with van der Waals surface area (Å²) in [6, 6.07) is 7.72. The lowest BCUT2D eigenvalue weighted by Crippen LogP contribution is -2.48. The zero-order valence-corrected chi connectivity index (χ0v) is 13.9. The van der Waals surface area contributed by atoms with Crippen molar-refractivity contribution in [2.24, 2.45) is 0 Å². The fourth-order valence-electron chi connectivity index (χ4n) is 2.58. The summed E-state index contributed by atoms with van der Waals surface area (Å²) in [6.07, 6.45) is -0.147. The first-order valence-electron chi connectivity index (χ1n) is 7.56. The van der Waals surface area contributed by atoms with Gasteiger partial charge in [0.05, 0.1) is 19.8 Å². The molecule has 5 nitrogen and oxygen atoms in total. The fraction of sp³-hybridized carbons (Fsp3) is 0.625. The van der Waals surface area contributed by atoms with Crippen molar-refractivity contribution in [3.05, 3.63) is 24.3 Å². The lowest BCUT2D eigenvalue weighted by atomic mass is 10.2. The summed E-state index contributed by atoms with van der Waals surface area (Å²) in [6.45, 7) is 9.08. The Hall–Kier alpha value is -1.01. The highest BCUT2D eigenvalue weighted by molar-refractivity contribution is 5.85. The Bertz CT molecular complexity index is 454. The van der Waals surface area contributed by atoms with Crippen molar-refractivity contribution in [3.8, 4) is 11.5 Å². The molecule has 124 valence electrons. The van der Waals surface area contributed by atoms with Gasteiger partial charge in [-0.2, -0.15) is 0 Å². The molecule has 0 N–H and O–H groups in total. The van der Waals surface area contributed by atoms with Crippen LogP contribution < -0.4 is 9.47 Å². The van der Waals surface area contributed by atoms with Gasteiger partial charge in [-0.05, 0) is 19.1 Å². The molecule has 0 bridgehead atoms. The number of morpholine rings is 1. The monoisotopic (exact) mass is 329 g/mol. The van der Waals surface area contributed by atoms with Crippen LogP contribution in [0.1, 0.15) is 13.8 Å². The Kier molecular flexibility index (Phi) is 5.92. The maximum absolute atomic E-state index is 5.93. The minimum Gasteiger partial charge on any atom is -0.446 e. The summed E-state index contributed by atoms with van der Waals surface area (Å²) in [5.74, 6) is 0.807. The van der Waals surface area contributed by atoms with Crippen LogP contribution in [0.25, 0.3) is 0 Å². The van der Waals surface area contributed by atoms with Gasteiger partial charge in [0.1, 0.15) is 6.10 Å². The molecule has 0 spiro atoms. The van der Waals surface area contributed by atoms with Crippen molar-refractivity contribution in [2.75, 3.05) is 39.5 Å². The smallest absolute Gasteiger partial charge is 0.274 e. The number of fused-ring (bicyclic) bond motifs is 1. The zero-order chi connectivity index (χ0) is 14.7. The Balaban J connectivity index is 0.00000176. The number of hydrogen-bond donors (Lipinski definition) is 0. The molecule has 3 rings (SSSR count). The van der Waals surface area contributed by atoms with Crippen molar-refractivity contribution in [1.29, 1.82) is 0 Å². The molecule has 1 aromatic rings. The first-order valence-corrected chi connectivity index (χ1v) is 7.56. The van der Waals surface area contributed by atoms with Gasteiger partial charge in [-0.3, -0.25) is 4.90 Å². The number of para-hydroxylation sites is 2. The molecule has 2 aliphatic rings. The van der Waals surface area contributed by atoms with Crippen molar-refractivity contribution < 1.29 is 18.9 Å². The van der Waals surface area contributed by atoms with Gasteiger partial charge in [-0.25, -0.2) is 0 Å². The van der Waals surface area contributed by atoms with Gasteiger partial charge < -0.3 is 18.9 Å². The topological polar surface area (TPSA) is 40.2 Å². The Morgan fingerprint density at radius 3 is 2.36 bits per heavy atom. The number of halogens is 1. The largest absolute Gasteiger partial charge is 0.446 e. The highest BCUT2D eigenvalue weighted by atomic mass is 35.5. The van der Waals surface area contributed by atoms with Crippen LogP contribution in [0.2, 0.25) is 0 Å². The summed E-state index contributed by atoms with van der Waals surface area (Å²) in [7, 11) is 0. The third kappa shape index (κ3) is 3.84. The van der Waals surface area contributed by atoms with E-state index in [1.165, 1.54) is 0 Å². The first-order chi connectivity index (χ1) is 10.2. The first kappa shape index (κ1) is 17.3. The van der Waals surface area contributed by atoms with E-state index in [1.807, 2.05) is 38.1 Å². The average molecular weight is 330 g/mol. The highest BCUT2D eigenvalue weighted by Gasteiger charge is 2.42. The molecular formula is C16H24ClNO4. The van der Waals surface area contributed by atoms with Crippen molar-refractivity contribution in [3.63, 3.8) is 0 Å². The van der Waals surface area contributed by atoms with Crippen molar-refractivity contribution >= 4 is 12.4 Å². The highest BCUT2D eigenvalue weighted by Crippen LogP contribution is 2.40. The van der Waals surface area contributed by atoms with Crippen LogP contribution in [0.3, 0.4) is 0 Å². The van der Waals surface area contributed by atoms with Gasteiger partial charge in [0, 0.05) is 26.6 Å². The van der Waals surface area contributed by atoms with E-state index < -0.39 is 5.79 Å².